The first-order valence-electron chi connectivity index (χ1n) is 4.74. The number of rotatable bonds is 4. The Hall–Kier alpha value is -1.32. The van der Waals surface area contributed by atoms with Gasteiger partial charge in [-0.15, -0.1) is 0 Å². The lowest BCUT2D eigenvalue weighted by Crippen LogP contribution is -2.05. The number of Topliss-reactive ketones (excluding diaryl/α,β-unsaturated/α-hetero) is 1. The van der Waals surface area contributed by atoms with E-state index in [9.17, 15) is 18.0 Å². The molecule has 0 aliphatic rings. The predicted octanol–water partition coefficient (Wildman–Crippen LogP) is 3.48. The van der Waals surface area contributed by atoms with Crippen LogP contribution in [-0.4, -0.2) is 5.78 Å². The molecule has 0 fully saturated rings. The molecule has 1 nitrogen and oxygen atoms in total. The summed E-state index contributed by atoms with van der Waals surface area (Å²) >= 11 is 0. The highest BCUT2D eigenvalue weighted by Crippen LogP contribution is 2.17. The number of unbranched alkanes of at least 4 members (excludes halogenated alkanes) is 1. The van der Waals surface area contributed by atoms with E-state index in [1.165, 1.54) is 0 Å². The average molecular weight is 216 g/mol. The molecule has 15 heavy (non-hydrogen) atoms. The summed E-state index contributed by atoms with van der Waals surface area (Å²) in [7, 11) is 0. The molecule has 0 spiro atoms. The van der Waals surface area contributed by atoms with Gasteiger partial charge in [-0.3, -0.25) is 4.79 Å². The van der Waals surface area contributed by atoms with E-state index >= 15 is 0 Å². The van der Waals surface area contributed by atoms with Crippen molar-refractivity contribution in [3.05, 3.63) is 35.1 Å². The summed E-state index contributed by atoms with van der Waals surface area (Å²) < 4.78 is 38.4. The molecule has 0 aliphatic heterocycles. The lowest BCUT2D eigenvalue weighted by Gasteiger charge is -2.03. The minimum absolute atomic E-state index is 0.151. The van der Waals surface area contributed by atoms with E-state index in [2.05, 4.69) is 0 Å². The largest absolute Gasteiger partial charge is 0.294 e. The van der Waals surface area contributed by atoms with Gasteiger partial charge in [-0.1, -0.05) is 13.3 Å². The van der Waals surface area contributed by atoms with Crippen molar-refractivity contribution in [1.82, 2.24) is 0 Å². The van der Waals surface area contributed by atoms with Crippen molar-refractivity contribution in [2.75, 3.05) is 0 Å². The van der Waals surface area contributed by atoms with Crippen LogP contribution in [0.25, 0.3) is 0 Å². The van der Waals surface area contributed by atoms with Gasteiger partial charge in [0, 0.05) is 6.42 Å². The van der Waals surface area contributed by atoms with Crippen LogP contribution in [0, 0.1) is 17.5 Å². The molecular weight excluding hydrogens is 205 g/mol. The van der Waals surface area contributed by atoms with E-state index in [1.807, 2.05) is 6.92 Å². The Balaban J connectivity index is 2.95. The highest BCUT2D eigenvalue weighted by atomic mass is 19.2. The summed E-state index contributed by atoms with van der Waals surface area (Å²) in [5, 5.41) is 0. The molecule has 0 N–H and O–H groups in total. The fourth-order valence-corrected chi connectivity index (χ4v) is 1.21. The Labute approximate surface area is 85.9 Å². The molecule has 1 aromatic rings. The smallest absolute Gasteiger partial charge is 0.195 e. The fraction of sp³-hybridized carbons (Fsp3) is 0.364. The second-order valence-corrected chi connectivity index (χ2v) is 3.25. The summed E-state index contributed by atoms with van der Waals surface area (Å²) in [6.07, 6.45) is 1.55. The van der Waals surface area contributed by atoms with Crippen LogP contribution in [0.2, 0.25) is 0 Å². The first kappa shape index (κ1) is 11.8. The third kappa shape index (κ3) is 2.58. The minimum atomic E-state index is -1.59. The van der Waals surface area contributed by atoms with E-state index in [0.29, 0.717) is 6.42 Å². The minimum Gasteiger partial charge on any atom is -0.294 e. The highest BCUT2D eigenvalue weighted by molar-refractivity contribution is 5.96. The van der Waals surface area contributed by atoms with E-state index in [4.69, 9.17) is 0 Å². The van der Waals surface area contributed by atoms with E-state index in [1.54, 1.807) is 0 Å². The van der Waals surface area contributed by atoms with Crippen LogP contribution >= 0.6 is 0 Å². The maximum absolute atomic E-state index is 13.1. The molecule has 1 aromatic carbocycles. The zero-order valence-corrected chi connectivity index (χ0v) is 8.32. The lowest BCUT2D eigenvalue weighted by atomic mass is 10.0. The molecule has 82 valence electrons. The lowest BCUT2D eigenvalue weighted by molar-refractivity contribution is 0.0974. The molecule has 0 aromatic heterocycles. The Kier molecular flexibility index (Phi) is 3.88. The Morgan fingerprint density at radius 2 is 1.87 bits per heavy atom. The molecule has 0 unspecified atom stereocenters. The number of carbonyl (C=O) groups excluding carboxylic acids is 1. The van der Waals surface area contributed by atoms with Gasteiger partial charge in [0.1, 0.15) is 0 Å². The van der Waals surface area contributed by atoms with Gasteiger partial charge in [0.25, 0.3) is 0 Å². The van der Waals surface area contributed by atoms with Gasteiger partial charge >= 0.3 is 0 Å². The topological polar surface area (TPSA) is 17.1 Å². The first-order chi connectivity index (χ1) is 7.07. The normalized spacial score (nSPS) is 10.4. The van der Waals surface area contributed by atoms with E-state index in [0.717, 1.165) is 18.6 Å². The Bertz CT molecular complexity index is 374. The third-order valence-corrected chi connectivity index (χ3v) is 2.09. The molecule has 0 atom stereocenters. The molecule has 0 saturated heterocycles. The molecule has 0 amide bonds. The van der Waals surface area contributed by atoms with Crippen LogP contribution < -0.4 is 0 Å². The van der Waals surface area contributed by atoms with Crippen LogP contribution in [0.5, 0.6) is 0 Å². The number of ketones is 1. The molecule has 0 aliphatic carbocycles. The quantitative estimate of drug-likeness (QED) is 0.556. The van der Waals surface area contributed by atoms with Gasteiger partial charge in [0.2, 0.25) is 0 Å². The van der Waals surface area contributed by atoms with E-state index < -0.39 is 23.2 Å². The number of hydrogen-bond donors (Lipinski definition) is 0. The van der Waals surface area contributed by atoms with Crippen LogP contribution in [0.3, 0.4) is 0 Å². The summed E-state index contributed by atoms with van der Waals surface area (Å²) in [4.78, 5) is 11.4. The number of benzene rings is 1. The van der Waals surface area contributed by atoms with Crippen LogP contribution in [0.15, 0.2) is 12.1 Å². The summed E-state index contributed by atoms with van der Waals surface area (Å²) in [5.41, 5.74) is -0.373. The van der Waals surface area contributed by atoms with Crippen molar-refractivity contribution in [2.45, 2.75) is 26.2 Å². The van der Waals surface area contributed by atoms with Gasteiger partial charge in [-0.2, -0.15) is 0 Å². The van der Waals surface area contributed by atoms with Gasteiger partial charge in [-0.05, 0) is 18.6 Å². The van der Waals surface area contributed by atoms with Crippen molar-refractivity contribution >= 4 is 5.78 Å². The molecule has 0 radical (unpaired) electrons. The standard InChI is InChI=1S/C11H11F3O/c1-2-3-4-9(15)7-5-6-8(12)11(14)10(7)13/h5-6H,2-4H2,1H3. The van der Waals surface area contributed by atoms with Crippen LogP contribution in [0.1, 0.15) is 36.5 Å². The molecule has 1 rings (SSSR count). The SMILES string of the molecule is CCCCC(=O)c1ccc(F)c(F)c1F. The summed E-state index contributed by atoms with van der Waals surface area (Å²) in [6.45, 7) is 1.88. The number of carbonyl (C=O) groups is 1. The zero-order valence-electron chi connectivity index (χ0n) is 8.32. The van der Waals surface area contributed by atoms with Crippen LogP contribution in [-0.2, 0) is 0 Å². The number of hydrogen-bond acceptors (Lipinski definition) is 1. The Morgan fingerprint density at radius 3 is 2.47 bits per heavy atom. The van der Waals surface area contributed by atoms with Gasteiger partial charge in [0.15, 0.2) is 23.2 Å². The molecule has 0 bridgehead atoms. The average Bonchev–Trinajstić information content (AvgIpc) is 2.23. The molecule has 4 heteroatoms. The zero-order chi connectivity index (χ0) is 11.4. The molecule has 0 saturated carbocycles. The van der Waals surface area contributed by atoms with Gasteiger partial charge < -0.3 is 0 Å². The number of halogens is 3. The molecule has 0 heterocycles. The third-order valence-electron chi connectivity index (χ3n) is 2.09. The summed E-state index contributed by atoms with van der Waals surface area (Å²) in [5.74, 6) is -4.75. The second-order valence-electron chi connectivity index (χ2n) is 3.25. The maximum Gasteiger partial charge on any atom is 0.195 e. The monoisotopic (exact) mass is 216 g/mol. The van der Waals surface area contributed by atoms with Gasteiger partial charge in [0.05, 0.1) is 5.56 Å². The van der Waals surface area contributed by atoms with Crippen molar-refractivity contribution in [2.24, 2.45) is 0 Å². The van der Waals surface area contributed by atoms with Crippen molar-refractivity contribution in [1.29, 1.82) is 0 Å². The van der Waals surface area contributed by atoms with Crippen molar-refractivity contribution in [3.8, 4) is 0 Å². The summed E-state index contributed by atoms with van der Waals surface area (Å²) in [6, 6.07) is 1.74. The second kappa shape index (κ2) is 4.96. The highest BCUT2D eigenvalue weighted by Gasteiger charge is 2.17. The van der Waals surface area contributed by atoms with Crippen molar-refractivity contribution < 1.29 is 18.0 Å². The fourth-order valence-electron chi connectivity index (χ4n) is 1.21. The van der Waals surface area contributed by atoms with E-state index in [-0.39, 0.29) is 12.0 Å². The van der Waals surface area contributed by atoms with Crippen LogP contribution in [0.4, 0.5) is 13.2 Å². The predicted molar refractivity (Wildman–Crippen MR) is 50.2 cm³/mol. The Morgan fingerprint density at radius 1 is 1.20 bits per heavy atom. The first-order valence-corrected chi connectivity index (χ1v) is 4.74. The maximum atomic E-state index is 13.1. The molecular formula is C11H11F3O. The van der Waals surface area contributed by atoms with Gasteiger partial charge in [-0.25, -0.2) is 13.2 Å². The van der Waals surface area contributed by atoms with Crippen molar-refractivity contribution in [3.63, 3.8) is 0 Å².